The Kier molecular flexibility index (Phi) is 3.58. The zero-order chi connectivity index (χ0) is 12.3. The number of carbonyl (C=O) groups excluding carboxylic acids is 1. The maximum absolute atomic E-state index is 11.9. The third-order valence-electron chi connectivity index (χ3n) is 3.09. The average Bonchev–Trinajstić information content (AvgIpc) is 2.32. The van der Waals surface area contributed by atoms with Crippen LogP contribution in [0.4, 0.5) is 0 Å². The lowest BCUT2D eigenvalue weighted by Gasteiger charge is -2.28. The van der Waals surface area contributed by atoms with Crippen molar-refractivity contribution in [1.29, 1.82) is 0 Å². The van der Waals surface area contributed by atoms with E-state index in [-0.39, 0.29) is 23.3 Å². The Morgan fingerprint density at radius 2 is 2.18 bits per heavy atom. The maximum atomic E-state index is 11.9. The van der Waals surface area contributed by atoms with Crippen LogP contribution in [0, 0.1) is 0 Å². The molecule has 5 heteroatoms. The standard InChI is InChI=1S/C12H16N2O3/c15-10-4-2-1-3-9(10)14-12(17)8-5-6-13-7-11(8)16/h5-7,9-10,15-16H,1-4H2,(H,14,17)/t9-,10-/m1/s1. The molecule has 0 unspecified atom stereocenters. The molecule has 1 aromatic rings. The van der Waals surface area contributed by atoms with Crippen molar-refractivity contribution >= 4 is 5.91 Å². The highest BCUT2D eigenvalue weighted by atomic mass is 16.3. The van der Waals surface area contributed by atoms with E-state index in [0.29, 0.717) is 6.42 Å². The molecule has 1 amide bonds. The first-order valence-corrected chi connectivity index (χ1v) is 5.80. The van der Waals surface area contributed by atoms with E-state index in [2.05, 4.69) is 10.3 Å². The van der Waals surface area contributed by atoms with Crippen LogP contribution < -0.4 is 5.32 Å². The van der Waals surface area contributed by atoms with Gasteiger partial charge in [0.05, 0.1) is 23.9 Å². The first-order valence-electron chi connectivity index (χ1n) is 5.80. The number of carbonyl (C=O) groups is 1. The summed E-state index contributed by atoms with van der Waals surface area (Å²) in [5.41, 5.74) is 0.192. The van der Waals surface area contributed by atoms with Gasteiger partial charge in [-0.25, -0.2) is 0 Å². The first kappa shape index (κ1) is 11.9. The summed E-state index contributed by atoms with van der Waals surface area (Å²) in [5, 5.41) is 22.0. The predicted molar refractivity (Wildman–Crippen MR) is 61.6 cm³/mol. The molecule has 0 radical (unpaired) electrons. The molecule has 1 heterocycles. The van der Waals surface area contributed by atoms with Gasteiger partial charge in [-0.05, 0) is 18.9 Å². The smallest absolute Gasteiger partial charge is 0.255 e. The average molecular weight is 236 g/mol. The monoisotopic (exact) mass is 236 g/mol. The highest BCUT2D eigenvalue weighted by Gasteiger charge is 2.25. The van der Waals surface area contributed by atoms with Crippen LogP contribution in [-0.2, 0) is 0 Å². The van der Waals surface area contributed by atoms with Crippen molar-refractivity contribution in [3.05, 3.63) is 24.0 Å². The van der Waals surface area contributed by atoms with E-state index in [4.69, 9.17) is 0 Å². The third-order valence-corrected chi connectivity index (χ3v) is 3.09. The van der Waals surface area contributed by atoms with Crippen molar-refractivity contribution in [2.75, 3.05) is 0 Å². The summed E-state index contributed by atoms with van der Waals surface area (Å²) < 4.78 is 0. The normalized spacial score (nSPS) is 24.3. The van der Waals surface area contributed by atoms with Gasteiger partial charge in [-0.1, -0.05) is 12.8 Å². The number of hydrogen-bond donors (Lipinski definition) is 3. The number of nitrogens with one attached hydrogen (secondary N) is 1. The summed E-state index contributed by atoms with van der Waals surface area (Å²) in [6.45, 7) is 0. The fourth-order valence-corrected chi connectivity index (χ4v) is 2.10. The molecule has 2 rings (SSSR count). The lowest BCUT2D eigenvalue weighted by molar-refractivity contribution is 0.0715. The molecular weight excluding hydrogens is 220 g/mol. The van der Waals surface area contributed by atoms with Gasteiger partial charge >= 0.3 is 0 Å². The number of aromatic hydroxyl groups is 1. The molecule has 5 nitrogen and oxygen atoms in total. The third kappa shape index (κ3) is 2.74. The minimum Gasteiger partial charge on any atom is -0.505 e. The molecule has 92 valence electrons. The Labute approximate surface area is 99.5 Å². The Bertz CT molecular complexity index is 408. The molecule has 1 fully saturated rings. The zero-order valence-corrected chi connectivity index (χ0v) is 9.47. The van der Waals surface area contributed by atoms with Gasteiger partial charge in [0.2, 0.25) is 0 Å². The number of hydrogen-bond acceptors (Lipinski definition) is 4. The van der Waals surface area contributed by atoms with Crippen molar-refractivity contribution in [3.63, 3.8) is 0 Å². The summed E-state index contributed by atoms with van der Waals surface area (Å²) >= 11 is 0. The molecule has 2 atom stereocenters. The van der Waals surface area contributed by atoms with E-state index in [1.54, 1.807) is 0 Å². The molecule has 0 bridgehead atoms. The van der Waals surface area contributed by atoms with E-state index in [0.717, 1.165) is 19.3 Å². The Morgan fingerprint density at radius 3 is 2.88 bits per heavy atom. The maximum Gasteiger partial charge on any atom is 0.255 e. The summed E-state index contributed by atoms with van der Waals surface area (Å²) in [6, 6.07) is 1.24. The fourth-order valence-electron chi connectivity index (χ4n) is 2.10. The van der Waals surface area contributed by atoms with Crippen molar-refractivity contribution < 1.29 is 15.0 Å². The van der Waals surface area contributed by atoms with Gasteiger partial charge in [0.15, 0.2) is 0 Å². The second-order valence-electron chi connectivity index (χ2n) is 4.32. The highest BCUT2D eigenvalue weighted by Crippen LogP contribution is 2.20. The largest absolute Gasteiger partial charge is 0.505 e. The van der Waals surface area contributed by atoms with E-state index >= 15 is 0 Å². The Balaban J connectivity index is 2.04. The minimum absolute atomic E-state index is 0.143. The summed E-state index contributed by atoms with van der Waals surface area (Å²) in [5.74, 6) is -0.508. The van der Waals surface area contributed by atoms with Crippen LogP contribution in [0.5, 0.6) is 5.75 Å². The molecule has 1 saturated carbocycles. The number of amides is 1. The number of aromatic nitrogens is 1. The predicted octanol–water partition coefficient (Wildman–Crippen LogP) is 0.820. The quantitative estimate of drug-likeness (QED) is 0.710. The molecular formula is C12H16N2O3. The van der Waals surface area contributed by atoms with Gasteiger partial charge in [-0.2, -0.15) is 0 Å². The van der Waals surface area contributed by atoms with E-state index in [9.17, 15) is 15.0 Å². The van der Waals surface area contributed by atoms with Crippen molar-refractivity contribution in [3.8, 4) is 5.75 Å². The van der Waals surface area contributed by atoms with Gasteiger partial charge in [0, 0.05) is 6.20 Å². The van der Waals surface area contributed by atoms with Crippen LogP contribution in [0.25, 0.3) is 0 Å². The van der Waals surface area contributed by atoms with Crippen LogP contribution in [0.3, 0.4) is 0 Å². The highest BCUT2D eigenvalue weighted by molar-refractivity contribution is 5.96. The Morgan fingerprint density at radius 1 is 1.41 bits per heavy atom. The van der Waals surface area contributed by atoms with E-state index in [1.165, 1.54) is 18.5 Å². The van der Waals surface area contributed by atoms with Crippen LogP contribution >= 0.6 is 0 Å². The number of aliphatic hydroxyl groups is 1. The minimum atomic E-state index is -0.489. The van der Waals surface area contributed by atoms with Crippen molar-refractivity contribution in [1.82, 2.24) is 10.3 Å². The second-order valence-corrected chi connectivity index (χ2v) is 4.32. The SMILES string of the molecule is O=C(N[C@@H]1CCCC[C@H]1O)c1ccncc1O. The van der Waals surface area contributed by atoms with E-state index in [1.807, 2.05) is 0 Å². The topological polar surface area (TPSA) is 82.5 Å². The summed E-state index contributed by atoms with van der Waals surface area (Å²) in [4.78, 5) is 15.6. The van der Waals surface area contributed by atoms with Crippen molar-refractivity contribution in [2.45, 2.75) is 37.8 Å². The molecule has 3 N–H and O–H groups in total. The number of nitrogens with zero attached hydrogens (tertiary/aromatic N) is 1. The van der Waals surface area contributed by atoms with Crippen LogP contribution in [0.1, 0.15) is 36.0 Å². The van der Waals surface area contributed by atoms with Crippen LogP contribution in [0.2, 0.25) is 0 Å². The molecule has 1 aromatic heterocycles. The fraction of sp³-hybridized carbons (Fsp3) is 0.500. The van der Waals surface area contributed by atoms with Gasteiger partial charge in [0.25, 0.3) is 5.91 Å². The summed E-state index contributed by atoms with van der Waals surface area (Å²) in [6.07, 6.45) is 5.68. The summed E-state index contributed by atoms with van der Waals surface area (Å²) in [7, 11) is 0. The first-order chi connectivity index (χ1) is 8.18. The van der Waals surface area contributed by atoms with Gasteiger partial charge < -0.3 is 15.5 Å². The number of rotatable bonds is 2. The molecule has 0 spiro atoms. The molecule has 17 heavy (non-hydrogen) atoms. The van der Waals surface area contributed by atoms with Crippen LogP contribution in [-0.4, -0.2) is 33.3 Å². The van der Waals surface area contributed by atoms with Gasteiger partial charge in [-0.15, -0.1) is 0 Å². The molecule has 1 aliphatic carbocycles. The van der Waals surface area contributed by atoms with Crippen molar-refractivity contribution in [2.24, 2.45) is 0 Å². The lowest BCUT2D eigenvalue weighted by atomic mass is 9.92. The molecule has 0 aliphatic heterocycles. The van der Waals surface area contributed by atoms with Gasteiger partial charge in [-0.3, -0.25) is 9.78 Å². The molecule has 1 aliphatic rings. The number of aliphatic hydroxyl groups excluding tert-OH is 1. The molecule has 0 aromatic carbocycles. The van der Waals surface area contributed by atoms with Crippen LogP contribution in [0.15, 0.2) is 18.5 Å². The second kappa shape index (κ2) is 5.14. The lowest BCUT2D eigenvalue weighted by Crippen LogP contribution is -2.45. The van der Waals surface area contributed by atoms with Gasteiger partial charge in [0.1, 0.15) is 5.75 Å². The molecule has 0 saturated heterocycles. The van der Waals surface area contributed by atoms with E-state index < -0.39 is 6.10 Å². The zero-order valence-electron chi connectivity index (χ0n) is 9.47. The Hall–Kier alpha value is -1.62. The number of pyridine rings is 1.